The van der Waals surface area contributed by atoms with E-state index in [0.29, 0.717) is 19.4 Å². The van der Waals surface area contributed by atoms with Crippen LogP contribution >= 0.6 is 0 Å². The Morgan fingerprint density at radius 2 is 0.581 bits per heavy atom. The van der Waals surface area contributed by atoms with Crippen LogP contribution < -0.4 is 5.32 Å². The molecule has 2 atom stereocenters. The second-order valence-electron chi connectivity index (χ2n) is 26.7. The van der Waals surface area contributed by atoms with Crippen molar-refractivity contribution in [2.75, 3.05) is 13.2 Å². The van der Waals surface area contributed by atoms with Crippen LogP contribution in [-0.2, 0) is 14.3 Å². The Bertz CT molecular complexity index is 1440. The summed E-state index contributed by atoms with van der Waals surface area (Å²) in [7, 11) is 0. The Hall–Kier alpha value is -2.18. The van der Waals surface area contributed by atoms with E-state index in [1.54, 1.807) is 6.08 Å². The lowest BCUT2D eigenvalue weighted by Gasteiger charge is -2.20. The zero-order chi connectivity index (χ0) is 62.0. The fourth-order valence-corrected chi connectivity index (χ4v) is 12.1. The fourth-order valence-electron chi connectivity index (χ4n) is 12.1. The molecule has 0 rings (SSSR count). The zero-order valence-corrected chi connectivity index (χ0v) is 58.1. The van der Waals surface area contributed by atoms with Gasteiger partial charge in [-0.2, -0.15) is 0 Å². The minimum absolute atomic E-state index is 0.00878. The van der Waals surface area contributed by atoms with Crippen molar-refractivity contribution in [1.82, 2.24) is 5.32 Å². The molecule has 0 saturated heterocycles. The first-order valence-corrected chi connectivity index (χ1v) is 38.9. The van der Waals surface area contributed by atoms with E-state index in [0.717, 1.165) is 51.4 Å². The molecule has 0 aliphatic heterocycles. The third-order valence-electron chi connectivity index (χ3n) is 18.1. The number of aliphatic hydroxyl groups is 2. The summed E-state index contributed by atoms with van der Waals surface area (Å²) in [5.41, 5.74) is 0. The van der Waals surface area contributed by atoms with E-state index < -0.39 is 12.1 Å². The van der Waals surface area contributed by atoms with Crippen LogP contribution in [0.4, 0.5) is 0 Å². The first-order valence-electron chi connectivity index (χ1n) is 38.9. The van der Waals surface area contributed by atoms with Crippen molar-refractivity contribution < 1.29 is 24.5 Å². The molecule has 2 unspecified atom stereocenters. The number of hydrogen-bond acceptors (Lipinski definition) is 5. The SMILES string of the molecule is CCCCCCCC/C=C\CCCCCCCCCCCC(=O)OCCCCCCCCCCC/C=C\C/C=C\CCCCCCCCCCCC(=O)NC(CO)C(O)/C=C/CCCCCCCCCCCCCCCCCCCCCCCCC. The van der Waals surface area contributed by atoms with Crippen LogP contribution in [0.3, 0.4) is 0 Å². The summed E-state index contributed by atoms with van der Waals surface area (Å²) in [5, 5.41) is 23.3. The summed E-state index contributed by atoms with van der Waals surface area (Å²) in [5.74, 6) is -0.0612. The van der Waals surface area contributed by atoms with Gasteiger partial charge in [0.1, 0.15) is 0 Å². The van der Waals surface area contributed by atoms with E-state index in [4.69, 9.17) is 4.74 Å². The molecule has 0 aromatic heterocycles. The molecule has 3 N–H and O–H groups in total. The van der Waals surface area contributed by atoms with E-state index >= 15 is 0 Å². The number of nitrogens with one attached hydrogen (secondary N) is 1. The van der Waals surface area contributed by atoms with Crippen LogP contribution in [0.1, 0.15) is 425 Å². The van der Waals surface area contributed by atoms with Gasteiger partial charge < -0.3 is 20.3 Å². The van der Waals surface area contributed by atoms with Gasteiger partial charge in [-0.1, -0.05) is 371 Å². The number of esters is 1. The van der Waals surface area contributed by atoms with Gasteiger partial charge >= 0.3 is 5.97 Å². The highest BCUT2D eigenvalue weighted by molar-refractivity contribution is 5.76. The predicted octanol–water partition coefficient (Wildman–Crippen LogP) is 25.6. The largest absolute Gasteiger partial charge is 0.466 e. The molecule has 0 heterocycles. The first-order chi connectivity index (χ1) is 42.5. The fraction of sp³-hybridized carbons (Fsp3) is 0.875. The van der Waals surface area contributed by atoms with Gasteiger partial charge in [-0.25, -0.2) is 0 Å². The molecule has 1 amide bonds. The first kappa shape index (κ1) is 83.8. The molecule has 6 nitrogen and oxygen atoms in total. The number of allylic oxidation sites excluding steroid dienone is 7. The number of aliphatic hydroxyl groups excluding tert-OH is 2. The molecule has 0 aromatic rings. The van der Waals surface area contributed by atoms with Crippen LogP contribution in [0, 0.1) is 0 Å². The lowest BCUT2D eigenvalue weighted by molar-refractivity contribution is -0.143. The second-order valence-corrected chi connectivity index (χ2v) is 26.7. The molecule has 0 aliphatic carbocycles. The maximum absolute atomic E-state index is 12.5. The van der Waals surface area contributed by atoms with Gasteiger partial charge in [0, 0.05) is 12.8 Å². The molecular weight excluding hydrogens is 1050 g/mol. The van der Waals surface area contributed by atoms with Crippen molar-refractivity contribution in [3.05, 3.63) is 48.6 Å². The number of ether oxygens (including phenoxy) is 1. The average molecular weight is 1210 g/mol. The highest BCUT2D eigenvalue weighted by Crippen LogP contribution is 2.19. The molecule has 506 valence electrons. The number of carbonyl (C=O) groups is 2. The number of amides is 1. The molecule has 0 spiro atoms. The van der Waals surface area contributed by atoms with E-state index in [1.165, 1.54) is 347 Å². The third kappa shape index (κ3) is 70.9. The molecule has 0 aliphatic rings. The highest BCUT2D eigenvalue weighted by atomic mass is 16.5. The van der Waals surface area contributed by atoms with Crippen molar-refractivity contribution >= 4 is 11.9 Å². The molecular formula is C80H151NO5. The van der Waals surface area contributed by atoms with E-state index in [1.807, 2.05) is 6.08 Å². The van der Waals surface area contributed by atoms with Crippen LogP contribution in [0.25, 0.3) is 0 Å². The van der Waals surface area contributed by atoms with Gasteiger partial charge in [-0.3, -0.25) is 9.59 Å². The molecule has 0 aromatic carbocycles. The Labute approximate surface area is 537 Å². The summed E-state index contributed by atoms with van der Waals surface area (Å²) in [4.78, 5) is 24.7. The van der Waals surface area contributed by atoms with Crippen molar-refractivity contribution in [2.24, 2.45) is 0 Å². The Kier molecular flexibility index (Phi) is 73.4. The average Bonchev–Trinajstić information content (AvgIpc) is 3.53. The van der Waals surface area contributed by atoms with Gasteiger partial charge in [0.2, 0.25) is 5.91 Å². The summed E-state index contributed by atoms with van der Waals surface area (Å²) in [6.07, 6.45) is 99.3. The molecule has 0 bridgehead atoms. The van der Waals surface area contributed by atoms with Crippen LogP contribution in [0.2, 0.25) is 0 Å². The zero-order valence-electron chi connectivity index (χ0n) is 58.1. The molecule has 0 radical (unpaired) electrons. The third-order valence-corrected chi connectivity index (χ3v) is 18.1. The molecule has 0 saturated carbocycles. The van der Waals surface area contributed by atoms with E-state index in [9.17, 15) is 19.8 Å². The molecule has 6 heteroatoms. The predicted molar refractivity (Wildman–Crippen MR) is 379 cm³/mol. The number of unbranched alkanes of at least 4 members (excludes halogenated alkanes) is 56. The van der Waals surface area contributed by atoms with Crippen molar-refractivity contribution in [3.8, 4) is 0 Å². The maximum Gasteiger partial charge on any atom is 0.305 e. The Morgan fingerprint density at radius 1 is 0.326 bits per heavy atom. The smallest absolute Gasteiger partial charge is 0.305 e. The van der Waals surface area contributed by atoms with Gasteiger partial charge in [-0.05, 0) is 89.9 Å². The number of carbonyl (C=O) groups excluding carboxylic acids is 2. The number of hydrogen-bond donors (Lipinski definition) is 3. The second kappa shape index (κ2) is 75.3. The summed E-state index contributed by atoms with van der Waals surface area (Å²) in [6, 6.07) is -0.635. The lowest BCUT2D eigenvalue weighted by atomic mass is 10.0. The van der Waals surface area contributed by atoms with Gasteiger partial charge in [0.25, 0.3) is 0 Å². The molecule has 86 heavy (non-hydrogen) atoms. The van der Waals surface area contributed by atoms with Gasteiger partial charge in [-0.15, -0.1) is 0 Å². The number of rotatable bonds is 73. The standard InChI is InChI=1S/C80H151NO5/c1-3-5-7-9-11-13-15-17-19-21-23-24-25-27-30-33-37-40-44-48-52-56-60-64-68-72-78(83)77(76-82)81-79(84)73-69-65-61-57-53-49-45-41-38-34-31-28-26-29-32-35-39-43-47-51-55-59-63-67-71-75-86-80(85)74-70-66-62-58-54-50-46-42-36-22-20-18-16-14-12-10-8-6-4-2/h18,20,28-29,31-32,68,72,77-78,82-83H,3-17,19,21-27,30,33-67,69-71,73-76H2,1-2H3,(H,81,84)/b20-18-,31-28-,32-29-,72-68+. The minimum Gasteiger partial charge on any atom is -0.466 e. The van der Waals surface area contributed by atoms with Crippen LogP contribution in [0.15, 0.2) is 48.6 Å². The molecule has 0 fully saturated rings. The topological polar surface area (TPSA) is 95.9 Å². The van der Waals surface area contributed by atoms with Gasteiger partial charge in [0.05, 0.1) is 25.4 Å². The van der Waals surface area contributed by atoms with Crippen molar-refractivity contribution in [1.29, 1.82) is 0 Å². The summed E-state index contributed by atoms with van der Waals surface area (Å²) < 4.78 is 5.51. The van der Waals surface area contributed by atoms with E-state index in [-0.39, 0.29) is 18.5 Å². The monoisotopic (exact) mass is 1210 g/mol. The highest BCUT2D eigenvalue weighted by Gasteiger charge is 2.18. The Balaban J connectivity index is 3.44. The summed E-state index contributed by atoms with van der Waals surface area (Å²) in [6.45, 7) is 4.93. The van der Waals surface area contributed by atoms with E-state index in [2.05, 4.69) is 55.6 Å². The van der Waals surface area contributed by atoms with Crippen molar-refractivity contribution in [3.63, 3.8) is 0 Å². The minimum atomic E-state index is -0.851. The van der Waals surface area contributed by atoms with Crippen LogP contribution in [0.5, 0.6) is 0 Å². The quantitative estimate of drug-likeness (QED) is 0.0320. The van der Waals surface area contributed by atoms with Gasteiger partial charge in [0.15, 0.2) is 0 Å². The Morgan fingerprint density at radius 3 is 0.895 bits per heavy atom. The maximum atomic E-state index is 12.5. The summed E-state index contributed by atoms with van der Waals surface area (Å²) >= 11 is 0. The van der Waals surface area contributed by atoms with Crippen molar-refractivity contribution in [2.45, 2.75) is 437 Å². The lowest BCUT2D eigenvalue weighted by Crippen LogP contribution is -2.45. The van der Waals surface area contributed by atoms with Crippen LogP contribution in [-0.4, -0.2) is 47.4 Å². The normalized spacial score (nSPS) is 12.7.